The first-order valence-electron chi connectivity index (χ1n) is 5.57. The minimum atomic E-state index is -0.0164. The van der Waals surface area contributed by atoms with Gasteiger partial charge >= 0.3 is 0 Å². The second kappa shape index (κ2) is 3.25. The van der Waals surface area contributed by atoms with E-state index in [1.165, 1.54) is 32.2 Å². The number of nitrogens with zero attached hydrogens (tertiary/aromatic N) is 1. The van der Waals surface area contributed by atoms with Crippen LogP contribution in [0.5, 0.6) is 0 Å². The minimum Gasteiger partial charge on any atom is -0.324 e. The van der Waals surface area contributed by atoms with Gasteiger partial charge in [-0.2, -0.15) is 0 Å². The van der Waals surface area contributed by atoms with E-state index in [-0.39, 0.29) is 5.54 Å². The Morgan fingerprint density at radius 2 is 1.85 bits per heavy atom. The van der Waals surface area contributed by atoms with Crippen LogP contribution in [0.2, 0.25) is 0 Å². The van der Waals surface area contributed by atoms with Crippen molar-refractivity contribution in [3.63, 3.8) is 0 Å². The van der Waals surface area contributed by atoms with E-state index in [1.807, 2.05) is 0 Å². The summed E-state index contributed by atoms with van der Waals surface area (Å²) in [4.78, 5) is 2.62. The molecule has 2 rings (SSSR count). The van der Waals surface area contributed by atoms with Crippen LogP contribution in [-0.4, -0.2) is 29.6 Å². The molecule has 0 unspecified atom stereocenters. The second-order valence-corrected chi connectivity index (χ2v) is 5.59. The molecule has 2 N–H and O–H groups in total. The summed E-state index contributed by atoms with van der Waals surface area (Å²) in [6.45, 7) is 6.66. The topological polar surface area (TPSA) is 29.3 Å². The van der Waals surface area contributed by atoms with Crippen molar-refractivity contribution in [2.45, 2.75) is 51.1 Å². The molecule has 0 atom stereocenters. The van der Waals surface area contributed by atoms with E-state index >= 15 is 0 Å². The number of nitrogens with two attached hydrogens (primary N) is 1. The van der Waals surface area contributed by atoms with Gasteiger partial charge in [0.1, 0.15) is 0 Å². The first-order valence-corrected chi connectivity index (χ1v) is 5.57. The number of hydrogen-bond donors (Lipinski definition) is 1. The van der Waals surface area contributed by atoms with Crippen molar-refractivity contribution < 1.29 is 0 Å². The monoisotopic (exact) mass is 182 g/mol. The Kier molecular flexibility index (Phi) is 2.37. The van der Waals surface area contributed by atoms with Gasteiger partial charge in [0.2, 0.25) is 0 Å². The molecule has 2 aliphatic carbocycles. The molecule has 0 spiro atoms. The van der Waals surface area contributed by atoms with Crippen molar-refractivity contribution in [1.29, 1.82) is 0 Å². The zero-order chi connectivity index (χ0) is 9.47. The van der Waals surface area contributed by atoms with Crippen molar-refractivity contribution in [1.82, 2.24) is 4.90 Å². The summed E-state index contributed by atoms with van der Waals surface area (Å²) in [7, 11) is 0. The van der Waals surface area contributed by atoms with Gasteiger partial charge in [-0.25, -0.2) is 0 Å². The fourth-order valence-electron chi connectivity index (χ4n) is 1.94. The third kappa shape index (κ3) is 3.28. The van der Waals surface area contributed by atoms with Gasteiger partial charge in [-0.3, -0.25) is 4.90 Å². The van der Waals surface area contributed by atoms with Gasteiger partial charge < -0.3 is 5.73 Å². The first kappa shape index (κ1) is 9.47. The lowest BCUT2D eigenvalue weighted by Gasteiger charge is -2.29. The largest absolute Gasteiger partial charge is 0.324 e. The van der Waals surface area contributed by atoms with Crippen molar-refractivity contribution in [3.05, 3.63) is 0 Å². The first-order chi connectivity index (χ1) is 6.04. The van der Waals surface area contributed by atoms with Crippen LogP contribution in [0.15, 0.2) is 0 Å². The van der Waals surface area contributed by atoms with E-state index in [2.05, 4.69) is 18.7 Å². The molecule has 13 heavy (non-hydrogen) atoms. The highest BCUT2D eigenvalue weighted by Gasteiger charge is 2.35. The van der Waals surface area contributed by atoms with Crippen molar-refractivity contribution in [2.24, 2.45) is 11.7 Å². The highest BCUT2D eigenvalue weighted by Crippen LogP contribution is 2.35. The Morgan fingerprint density at radius 3 is 2.23 bits per heavy atom. The summed E-state index contributed by atoms with van der Waals surface area (Å²) in [5, 5.41) is 0. The van der Waals surface area contributed by atoms with Crippen molar-refractivity contribution >= 4 is 0 Å². The summed E-state index contributed by atoms with van der Waals surface area (Å²) < 4.78 is 0. The van der Waals surface area contributed by atoms with Gasteiger partial charge in [0.15, 0.2) is 0 Å². The maximum atomic E-state index is 6.06. The molecule has 2 saturated carbocycles. The molecular formula is C11H22N2. The van der Waals surface area contributed by atoms with Crippen LogP contribution in [0.1, 0.15) is 39.5 Å². The van der Waals surface area contributed by atoms with Crippen LogP contribution in [0.3, 0.4) is 0 Å². The Balaban J connectivity index is 1.81. The van der Waals surface area contributed by atoms with Crippen LogP contribution in [0.4, 0.5) is 0 Å². The summed E-state index contributed by atoms with van der Waals surface area (Å²) in [5.74, 6) is 1.00. The average Bonchev–Trinajstić information content (AvgIpc) is 2.80. The molecule has 0 saturated heterocycles. The van der Waals surface area contributed by atoms with Gasteiger partial charge in [-0.1, -0.05) is 0 Å². The highest BCUT2D eigenvalue weighted by molar-refractivity contribution is 4.91. The van der Waals surface area contributed by atoms with E-state index in [0.29, 0.717) is 0 Å². The second-order valence-electron chi connectivity index (χ2n) is 5.59. The lowest BCUT2D eigenvalue weighted by atomic mass is 10.1. The van der Waals surface area contributed by atoms with Crippen LogP contribution < -0.4 is 5.73 Å². The molecule has 0 heterocycles. The number of hydrogen-bond acceptors (Lipinski definition) is 2. The molecule has 0 aromatic rings. The maximum absolute atomic E-state index is 6.06. The molecular weight excluding hydrogens is 160 g/mol. The lowest BCUT2D eigenvalue weighted by Crippen LogP contribution is -2.46. The molecule has 2 fully saturated rings. The lowest BCUT2D eigenvalue weighted by molar-refractivity contribution is 0.208. The van der Waals surface area contributed by atoms with Gasteiger partial charge in [0.05, 0.1) is 0 Å². The smallest absolute Gasteiger partial charge is 0.0226 e. The predicted octanol–water partition coefficient (Wildman–Crippen LogP) is 1.60. The predicted molar refractivity (Wildman–Crippen MR) is 55.6 cm³/mol. The quantitative estimate of drug-likeness (QED) is 0.699. The molecule has 2 heteroatoms. The van der Waals surface area contributed by atoms with E-state index in [1.54, 1.807) is 0 Å². The number of rotatable bonds is 5. The van der Waals surface area contributed by atoms with Crippen LogP contribution in [0, 0.1) is 5.92 Å². The van der Waals surface area contributed by atoms with Crippen LogP contribution in [-0.2, 0) is 0 Å². The van der Waals surface area contributed by atoms with Crippen LogP contribution in [0.25, 0.3) is 0 Å². The van der Waals surface area contributed by atoms with E-state index < -0.39 is 0 Å². The fraction of sp³-hybridized carbons (Fsp3) is 1.00. The van der Waals surface area contributed by atoms with E-state index in [4.69, 9.17) is 5.73 Å². The molecule has 0 aliphatic heterocycles. The molecule has 0 aromatic heterocycles. The maximum Gasteiger partial charge on any atom is 0.0226 e. The van der Waals surface area contributed by atoms with Crippen molar-refractivity contribution in [3.8, 4) is 0 Å². The fourth-order valence-corrected chi connectivity index (χ4v) is 1.94. The van der Waals surface area contributed by atoms with E-state index in [0.717, 1.165) is 18.5 Å². The normalized spacial score (nSPS) is 24.0. The van der Waals surface area contributed by atoms with Gasteiger partial charge in [-0.05, 0) is 45.4 Å². The Morgan fingerprint density at radius 1 is 1.23 bits per heavy atom. The van der Waals surface area contributed by atoms with Gasteiger partial charge in [0, 0.05) is 24.7 Å². The highest BCUT2D eigenvalue weighted by atomic mass is 15.2. The molecule has 0 radical (unpaired) electrons. The third-order valence-corrected chi connectivity index (χ3v) is 2.86. The third-order valence-electron chi connectivity index (χ3n) is 2.86. The zero-order valence-electron chi connectivity index (χ0n) is 8.92. The summed E-state index contributed by atoms with van der Waals surface area (Å²) >= 11 is 0. The molecule has 0 bridgehead atoms. The zero-order valence-corrected chi connectivity index (χ0v) is 8.92. The van der Waals surface area contributed by atoms with Crippen molar-refractivity contribution in [2.75, 3.05) is 13.1 Å². The molecule has 76 valence electrons. The summed E-state index contributed by atoms with van der Waals surface area (Å²) in [6, 6.07) is 0.878. The average molecular weight is 182 g/mol. The standard InChI is InChI=1S/C11H22N2/c1-11(2,12)8-13(10-5-6-10)7-9-3-4-9/h9-10H,3-8,12H2,1-2H3. The Labute approximate surface area is 81.5 Å². The molecule has 0 aromatic carbocycles. The Bertz CT molecular complexity index is 175. The molecule has 0 amide bonds. The van der Waals surface area contributed by atoms with Gasteiger partial charge in [0.25, 0.3) is 0 Å². The molecule has 2 aliphatic rings. The van der Waals surface area contributed by atoms with Crippen LogP contribution >= 0.6 is 0 Å². The van der Waals surface area contributed by atoms with E-state index in [9.17, 15) is 0 Å². The molecule has 2 nitrogen and oxygen atoms in total. The minimum absolute atomic E-state index is 0.0164. The SMILES string of the molecule is CC(C)(N)CN(CC1CC1)C1CC1. The van der Waals surface area contributed by atoms with Gasteiger partial charge in [-0.15, -0.1) is 0 Å². The summed E-state index contributed by atoms with van der Waals surface area (Å²) in [5.41, 5.74) is 6.04. The summed E-state index contributed by atoms with van der Waals surface area (Å²) in [6.07, 6.45) is 5.72. The Hall–Kier alpha value is -0.0800.